The van der Waals surface area contributed by atoms with Crippen molar-refractivity contribution in [2.45, 2.75) is 46.6 Å². The second kappa shape index (κ2) is 13.3. The van der Waals surface area contributed by atoms with Crippen LogP contribution in [0.15, 0.2) is 46.8 Å². The molecule has 13 nitrogen and oxygen atoms in total. The Morgan fingerprint density at radius 3 is 2.03 bits per heavy atom. The van der Waals surface area contributed by atoms with Crippen LogP contribution in [-0.2, 0) is 28.7 Å². The first-order valence-corrected chi connectivity index (χ1v) is 11.4. The summed E-state index contributed by atoms with van der Waals surface area (Å²) in [5, 5.41) is 32.3. The molecule has 1 aliphatic rings. The number of carboxylic acids is 2. The molecule has 1 aromatic rings. The van der Waals surface area contributed by atoms with Gasteiger partial charge in [0, 0.05) is 29.6 Å². The van der Waals surface area contributed by atoms with E-state index < -0.39 is 34.7 Å². The molecular formula is C25H33N3O10. The molecule has 0 saturated heterocycles. The first-order chi connectivity index (χ1) is 17.6. The number of hydrogen-bond donors (Lipinski definition) is 4. The number of rotatable bonds is 7. The lowest BCUT2D eigenvalue weighted by Gasteiger charge is -2.32. The van der Waals surface area contributed by atoms with Crippen molar-refractivity contribution in [3.8, 4) is 0 Å². The minimum atomic E-state index is -1.82. The van der Waals surface area contributed by atoms with E-state index >= 15 is 0 Å². The van der Waals surface area contributed by atoms with Gasteiger partial charge in [-0.15, -0.1) is 0 Å². The van der Waals surface area contributed by atoms with Crippen LogP contribution in [0.2, 0.25) is 0 Å². The van der Waals surface area contributed by atoms with E-state index in [9.17, 15) is 19.7 Å². The number of carbonyl (C=O) groups excluding carboxylic acids is 2. The summed E-state index contributed by atoms with van der Waals surface area (Å²) >= 11 is 0. The van der Waals surface area contributed by atoms with Crippen LogP contribution in [0.1, 0.15) is 46.1 Å². The lowest BCUT2D eigenvalue weighted by Crippen LogP contribution is -2.43. The average Bonchev–Trinajstić information content (AvgIpc) is 2.82. The van der Waals surface area contributed by atoms with Crippen LogP contribution in [0.5, 0.6) is 0 Å². The first kappa shape index (κ1) is 31.8. The maximum Gasteiger partial charge on any atom is 0.414 e. The van der Waals surface area contributed by atoms with Gasteiger partial charge in [-0.05, 0) is 31.9 Å². The maximum absolute atomic E-state index is 13.3. The number of likely N-dealkylation sites (N-methyl/N-ethyl adjacent to an activating group) is 1. The van der Waals surface area contributed by atoms with E-state index in [1.165, 1.54) is 25.3 Å². The highest BCUT2D eigenvalue weighted by Crippen LogP contribution is 2.40. The van der Waals surface area contributed by atoms with Gasteiger partial charge in [-0.3, -0.25) is 10.1 Å². The molecule has 0 aliphatic carbocycles. The van der Waals surface area contributed by atoms with E-state index in [2.05, 4.69) is 10.6 Å². The Bertz CT molecular complexity index is 1150. The van der Waals surface area contributed by atoms with Gasteiger partial charge in [0.15, 0.2) is 0 Å². The summed E-state index contributed by atoms with van der Waals surface area (Å²) in [6.45, 7) is 9.61. The van der Waals surface area contributed by atoms with Crippen molar-refractivity contribution in [2.75, 3.05) is 20.8 Å². The number of nitro benzene ring substituents is 1. The number of esters is 2. The van der Waals surface area contributed by atoms with Crippen LogP contribution in [-0.4, -0.2) is 65.8 Å². The van der Waals surface area contributed by atoms with Gasteiger partial charge in [-0.1, -0.05) is 32.9 Å². The summed E-state index contributed by atoms with van der Waals surface area (Å²) in [5.74, 6) is -5.76. The molecule has 0 radical (unpaired) electrons. The molecule has 0 saturated carbocycles. The number of benzene rings is 1. The number of ether oxygens (including phenoxy) is 2. The van der Waals surface area contributed by atoms with Gasteiger partial charge in [0.25, 0.3) is 5.69 Å². The summed E-state index contributed by atoms with van der Waals surface area (Å²) in [5.41, 5.74) is 1.55. The Morgan fingerprint density at radius 1 is 1.08 bits per heavy atom. The van der Waals surface area contributed by atoms with Gasteiger partial charge in [0.1, 0.15) is 6.61 Å². The molecule has 0 fully saturated rings. The Labute approximate surface area is 219 Å². The number of carboxylic acid groups (broad SMARTS) is 2. The van der Waals surface area contributed by atoms with E-state index in [0.717, 1.165) is 0 Å². The van der Waals surface area contributed by atoms with Crippen molar-refractivity contribution in [2.24, 2.45) is 5.41 Å². The van der Waals surface area contributed by atoms with Crippen molar-refractivity contribution < 1.29 is 43.8 Å². The summed E-state index contributed by atoms with van der Waals surface area (Å²) in [6, 6.07) is 5.78. The van der Waals surface area contributed by atoms with Crippen LogP contribution in [0.4, 0.5) is 5.69 Å². The summed E-state index contributed by atoms with van der Waals surface area (Å²) < 4.78 is 10.6. The van der Waals surface area contributed by atoms with Crippen molar-refractivity contribution in [3.63, 3.8) is 0 Å². The molecule has 0 aromatic heterocycles. The predicted molar refractivity (Wildman–Crippen MR) is 135 cm³/mol. The van der Waals surface area contributed by atoms with E-state index in [0.29, 0.717) is 17.0 Å². The molecule has 0 bridgehead atoms. The topological polar surface area (TPSA) is 194 Å². The van der Waals surface area contributed by atoms with Gasteiger partial charge in [-0.2, -0.15) is 0 Å². The molecule has 1 aromatic carbocycles. The fraction of sp³-hybridized carbons (Fsp3) is 0.440. The zero-order valence-electron chi connectivity index (χ0n) is 22.3. The number of non-ortho nitro benzene ring substituents is 1. The second-order valence-electron chi connectivity index (χ2n) is 9.40. The van der Waals surface area contributed by atoms with Crippen molar-refractivity contribution in [3.05, 3.63) is 62.5 Å². The number of dihydropyridines is 1. The number of nitrogens with one attached hydrogen (secondary N) is 2. The quantitative estimate of drug-likeness (QED) is 0.172. The smallest absolute Gasteiger partial charge is 0.414 e. The highest BCUT2D eigenvalue weighted by molar-refractivity contribution is 6.27. The summed E-state index contributed by atoms with van der Waals surface area (Å²) in [6.07, 6.45) is 0. The number of nitrogens with zero attached hydrogens (tertiary/aromatic N) is 1. The van der Waals surface area contributed by atoms with Gasteiger partial charge < -0.3 is 30.3 Å². The van der Waals surface area contributed by atoms with Gasteiger partial charge in [-0.25, -0.2) is 19.2 Å². The molecular weight excluding hydrogens is 502 g/mol. The van der Waals surface area contributed by atoms with Crippen LogP contribution < -0.4 is 10.6 Å². The standard InChI is InChI=1S/C23H31N3O6.C2H2O4/c1-13-18(21(27)31-7)20(15-9-8-10-16(11-15)26(29)30)19(14(2)25-13)22(28)32-12-17(24-6)23(3,4)5;3-1(4)2(5)6/h8-11,17,20,24-25H,12H2,1-7H3;(H,3,4)(H,5,6). The lowest BCUT2D eigenvalue weighted by atomic mass is 9.80. The van der Waals surface area contributed by atoms with Crippen LogP contribution >= 0.6 is 0 Å². The largest absolute Gasteiger partial charge is 0.473 e. The summed E-state index contributed by atoms with van der Waals surface area (Å²) in [7, 11) is 3.04. The molecule has 38 heavy (non-hydrogen) atoms. The maximum atomic E-state index is 13.3. The highest BCUT2D eigenvalue weighted by atomic mass is 16.6. The minimum Gasteiger partial charge on any atom is -0.473 e. The highest BCUT2D eigenvalue weighted by Gasteiger charge is 2.38. The molecule has 2 unspecified atom stereocenters. The lowest BCUT2D eigenvalue weighted by molar-refractivity contribution is -0.384. The molecule has 2 atom stereocenters. The number of aliphatic carboxylic acids is 2. The zero-order chi connectivity index (χ0) is 29.4. The van der Waals surface area contributed by atoms with E-state index in [-0.39, 0.29) is 34.9 Å². The molecule has 208 valence electrons. The second-order valence-corrected chi connectivity index (χ2v) is 9.40. The van der Waals surface area contributed by atoms with Crippen molar-refractivity contribution in [1.29, 1.82) is 0 Å². The molecule has 4 N–H and O–H groups in total. The zero-order valence-corrected chi connectivity index (χ0v) is 22.3. The SMILES string of the molecule is CNC(COC(=O)C1=C(C)NC(C)=C(C(=O)OC)C1c1cccc([N+](=O)[O-])c1)C(C)(C)C.O=C(O)C(=O)O. The van der Waals surface area contributed by atoms with Crippen LogP contribution in [0.3, 0.4) is 0 Å². The number of carbonyl (C=O) groups is 4. The van der Waals surface area contributed by atoms with E-state index in [1.54, 1.807) is 27.0 Å². The van der Waals surface area contributed by atoms with Gasteiger partial charge >= 0.3 is 23.9 Å². The predicted octanol–water partition coefficient (Wildman–Crippen LogP) is 2.34. The Balaban J connectivity index is 0.00000107. The third-order valence-corrected chi connectivity index (χ3v) is 5.76. The molecule has 1 heterocycles. The fourth-order valence-corrected chi connectivity index (χ4v) is 3.80. The third kappa shape index (κ3) is 8.13. The van der Waals surface area contributed by atoms with Crippen LogP contribution in [0, 0.1) is 15.5 Å². The molecule has 0 amide bonds. The fourth-order valence-electron chi connectivity index (χ4n) is 3.80. The van der Waals surface area contributed by atoms with Crippen LogP contribution in [0.25, 0.3) is 0 Å². The number of methoxy groups -OCH3 is 1. The Morgan fingerprint density at radius 2 is 1.61 bits per heavy atom. The Kier molecular flexibility index (Phi) is 11.1. The molecule has 2 rings (SSSR count). The van der Waals surface area contributed by atoms with Crippen molar-refractivity contribution in [1.82, 2.24) is 10.6 Å². The van der Waals surface area contributed by atoms with Crippen molar-refractivity contribution >= 4 is 29.6 Å². The van der Waals surface area contributed by atoms with E-state index in [4.69, 9.17) is 29.3 Å². The monoisotopic (exact) mass is 535 g/mol. The number of allylic oxidation sites excluding steroid dienone is 2. The number of hydrogen-bond acceptors (Lipinski definition) is 10. The Hall–Kier alpha value is -4.26. The molecule has 0 spiro atoms. The molecule has 1 aliphatic heterocycles. The normalized spacial score (nSPS) is 15.9. The number of nitro groups is 1. The van der Waals surface area contributed by atoms with Gasteiger partial charge in [0.05, 0.1) is 29.1 Å². The third-order valence-electron chi connectivity index (χ3n) is 5.76. The first-order valence-electron chi connectivity index (χ1n) is 11.4. The average molecular weight is 536 g/mol. The van der Waals surface area contributed by atoms with Gasteiger partial charge in [0.2, 0.25) is 0 Å². The summed E-state index contributed by atoms with van der Waals surface area (Å²) in [4.78, 5) is 54.9. The molecule has 13 heteroatoms. The van der Waals surface area contributed by atoms with E-state index in [1.807, 2.05) is 20.8 Å². The minimum absolute atomic E-state index is 0.0995.